The van der Waals surface area contributed by atoms with Gasteiger partial charge in [-0.05, 0) is 68.2 Å². The van der Waals surface area contributed by atoms with Gasteiger partial charge in [0.2, 0.25) is 0 Å². The zero-order chi connectivity index (χ0) is 13.2. The van der Waals surface area contributed by atoms with E-state index < -0.39 is 0 Å². The van der Waals surface area contributed by atoms with Gasteiger partial charge in [0.05, 0.1) is 0 Å². The standard InChI is InChI=1S/C16H26N2/c1-12-7-14(11-18-9-12)15-8-16(2,3)6-5-13(15)10-17-4/h7,9,11,13,15,17H,5-6,8,10H2,1-4H3. The minimum absolute atomic E-state index is 0.471. The largest absolute Gasteiger partial charge is 0.319 e. The second-order valence-corrected chi connectivity index (χ2v) is 6.63. The quantitative estimate of drug-likeness (QED) is 0.882. The molecule has 1 aliphatic carbocycles. The second kappa shape index (κ2) is 5.40. The van der Waals surface area contributed by atoms with Crippen LogP contribution in [0.15, 0.2) is 18.5 Å². The van der Waals surface area contributed by atoms with E-state index in [1.165, 1.54) is 30.4 Å². The number of aryl methyl sites for hydroxylation is 1. The lowest BCUT2D eigenvalue weighted by molar-refractivity contribution is 0.161. The fourth-order valence-electron chi connectivity index (χ4n) is 3.32. The third kappa shape index (κ3) is 3.11. The molecular weight excluding hydrogens is 220 g/mol. The minimum Gasteiger partial charge on any atom is -0.319 e. The van der Waals surface area contributed by atoms with Gasteiger partial charge in [0.15, 0.2) is 0 Å². The van der Waals surface area contributed by atoms with Crippen molar-refractivity contribution in [2.24, 2.45) is 11.3 Å². The molecule has 2 nitrogen and oxygen atoms in total. The van der Waals surface area contributed by atoms with Crippen LogP contribution in [0.25, 0.3) is 0 Å². The lowest BCUT2D eigenvalue weighted by Crippen LogP contribution is -2.33. The molecule has 0 aliphatic heterocycles. The molecule has 0 aromatic carbocycles. The first kappa shape index (κ1) is 13.5. The summed E-state index contributed by atoms with van der Waals surface area (Å²) in [5, 5.41) is 3.36. The zero-order valence-electron chi connectivity index (χ0n) is 12.2. The van der Waals surface area contributed by atoms with Crippen molar-refractivity contribution >= 4 is 0 Å². The molecule has 0 amide bonds. The zero-order valence-corrected chi connectivity index (χ0v) is 12.2. The van der Waals surface area contributed by atoms with Crippen molar-refractivity contribution in [3.8, 4) is 0 Å². The summed E-state index contributed by atoms with van der Waals surface area (Å²) in [4.78, 5) is 4.38. The number of hydrogen-bond acceptors (Lipinski definition) is 2. The summed E-state index contributed by atoms with van der Waals surface area (Å²) >= 11 is 0. The van der Waals surface area contributed by atoms with E-state index in [-0.39, 0.29) is 0 Å². The molecule has 1 N–H and O–H groups in total. The molecule has 100 valence electrons. The predicted molar refractivity (Wildman–Crippen MR) is 76.8 cm³/mol. The van der Waals surface area contributed by atoms with Gasteiger partial charge in [0, 0.05) is 12.4 Å². The Morgan fingerprint density at radius 2 is 2.17 bits per heavy atom. The summed E-state index contributed by atoms with van der Waals surface area (Å²) in [6.07, 6.45) is 7.97. The van der Waals surface area contributed by atoms with Crippen LogP contribution in [0.5, 0.6) is 0 Å². The van der Waals surface area contributed by atoms with Gasteiger partial charge < -0.3 is 5.32 Å². The highest BCUT2D eigenvalue weighted by atomic mass is 14.8. The molecule has 0 saturated heterocycles. The third-order valence-electron chi connectivity index (χ3n) is 4.32. The highest BCUT2D eigenvalue weighted by molar-refractivity contribution is 5.22. The fourth-order valence-corrected chi connectivity index (χ4v) is 3.32. The Hall–Kier alpha value is -0.890. The number of nitrogens with one attached hydrogen (secondary N) is 1. The summed E-state index contributed by atoms with van der Waals surface area (Å²) in [5.41, 5.74) is 3.18. The number of rotatable bonds is 3. The van der Waals surface area contributed by atoms with Gasteiger partial charge in [-0.15, -0.1) is 0 Å². The molecule has 0 spiro atoms. The smallest absolute Gasteiger partial charge is 0.0303 e. The Bertz CT molecular complexity index is 398. The molecule has 1 aliphatic rings. The highest BCUT2D eigenvalue weighted by Gasteiger charge is 2.35. The molecule has 0 radical (unpaired) electrons. The van der Waals surface area contributed by atoms with Crippen molar-refractivity contribution in [1.29, 1.82) is 0 Å². The summed E-state index contributed by atoms with van der Waals surface area (Å²) in [6, 6.07) is 2.32. The molecule has 2 heteroatoms. The van der Waals surface area contributed by atoms with Crippen LogP contribution >= 0.6 is 0 Å². The predicted octanol–water partition coefficient (Wildman–Crippen LogP) is 3.52. The summed E-state index contributed by atoms with van der Waals surface area (Å²) < 4.78 is 0. The summed E-state index contributed by atoms with van der Waals surface area (Å²) in [7, 11) is 2.06. The molecule has 2 atom stereocenters. The van der Waals surface area contributed by atoms with Crippen LogP contribution in [-0.2, 0) is 0 Å². The summed E-state index contributed by atoms with van der Waals surface area (Å²) in [5.74, 6) is 1.42. The van der Waals surface area contributed by atoms with Crippen LogP contribution in [0.2, 0.25) is 0 Å². The van der Waals surface area contributed by atoms with Gasteiger partial charge in [-0.2, -0.15) is 0 Å². The van der Waals surface area contributed by atoms with Crippen molar-refractivity contribution in [2.75, 3.05) is 13.6 Å². The van der Waals surface area contributed by atoms with Gasteiger partial charge in [0.1, 0.15) is 0 Å². The molecule has 18 heavy (non-hydrogen) atoms. The Morgan fingerprint density at radius 1 is 1.39 bits per heavy atom. The Labute approximate surface area is 111 Å². The average molecular weight is 246 g/mol. The lowest BCUT2D eigenvalue weighted by atomic mass is 9.65. The molecular formula is C16H26N2. The second-order valence-electron chi connectivity index (χ2n) is 6.63. The lowest BCUT2D eigenvalue weighted by Gasteiger charge is -2.41. The maximum Gasteiger partial charge on any atom is 0.0303 e. The van der Waals surface area contributed by atoms with Crippen molar-refractivity contribution in [3.63, 3.8) is 0 Å². The molecule has 1 aromatic heterocycles. The van der Waals surface area contributed by atoms with Crippen molar-refractivity contribution in [1.82, 2.24) is 10.3 Å². The van der Waals surface area contributed by atoms with E-state index in [1.807, 2.05) is 6.20 Å². The monoisotopic (exact) mass is 246 g/mol. The van der Waals surface area contributed by atoms with Gasteiger partial charge in [0.25, 0.3) is 0 Å². The third-order valence-corrected chi connectivity index (χ3v) is 4.32. The first-order valence-electron chi connectivity index (χ1n) is 7.08. The van der Waals surface area contributed by atoms with E-state index in [1.54, 1.807) is 0 Å². The van der Waals surface area contributed by atoms with E-state index in [2.05, 4.69) is 50.4 Å². The normalized spacial score (nSPS) is 27.1. The Balaban J connectivity index is 2.24. The SMILES string of the molecule is CNCC1CCC(C)(C)CC1c1cncc(C)c1. The van der Waals surface area contributed by atoms with Crippen LogP contribution in [0.4, 0.5) is 0 Å². The Kier molecular flexibility index (Phi) is 4.06. The van der Waals surface area contributed by atoms with E-state index in [9.17, 15) is 0 Å². The molecule has 2 rings (SSSR count). The van der Waals surface area contributed by atoms with E-state index in [0.717, 1.165) is 12.5 Å². The molecule has 2 unspecified atom stereocenters. The maximum atomic E-state index is 4.38. The van der Waals surface area contributed by atoms with Gasteiger partial charge in [-0.3, -0.25) is 4.98 Å². The minimum atomic E-state index is 0.471. The van der Waals surface area contributed by atoms with Crippen LogP contribution in [0.1, 0.15) is 50.2 Å². The van der Waals surface area contributed by atoms with E-state index in [0.29, 0.717) is 11.3 Å². The van der Waals surface area contributed by atoms with E-state index in [4.69, 9.17) is 0 Å². The number of aromatic nitrogens is 1. The fraction of sp³-hybridized carbons (Fsp3) is 0.688. The molecule has 1 heterocycles. The van der Waals surface area contributed by atoms with Gasteiger partial charge >= 0.3 is 0 Å². The van der Waals surface area contributed by atoms with Crippen LogP contribution in [0, 0.1) is 18.3 Å². The van der Waals surface area contributed by atoms with Crippen LogP contribution in [-0.4, -0.2) is 18.6 Å². The number of nitrogens with zero attached hydrogens (tertiary/aromatic N) is 1. The first-order chi connectivity index (χ1) is 8.52. The number of hydrogen-bond donors (Lipinski definition) is 1. The van der Waals surface area contributed by atoms with E-state index >= 15 is 0 Å². The van der Waals surface area contributed by atoms with Crippen LogP contribution < -0.4 is 5.32 Å². The first-order valence-corrected chi connectivity index (χ1v) is 7.08. The van der Waals surface area contributed by atoms with Crippen molar-refractivity contribution in [2.45, 2.75) is 46.0 Å². The Morgan fingerprint density at radius 3 is 2.83 bits per heavy atom. The average Bonchev–Trinajstić information content (AvgIpc) is 2.31. The topological polar surface area (TPSA) is 24.9 Å². The molecule has 1 aromatic rings. The van der Waals surface area contributed by atoms with Gasteiger partial charge in [-0.25, -0.2) is 0 Å². The summed E-state index contributed by atoms with van der Waals surface area (Å²) in [6.45, 7) is 8.06. The van der Waals surface area contributed by atoms with Crippen LogP contribution in [0.3, 0.4) is 0 Å². The van der Waals surface area contributed by atoms with Crippen molar-refractivity contribution < 1.29 is 0 Å². The maximum absolute atomic E-state index is 4.38. The molecule has 0 bridgehead atoms. The van der Waals surface area contributed by atoms with Crippen molar-refractivity contribution in [3.05, 3.63) is 29.6 Å². The molecule has 1 fully saturated rings. The highest BCUT2D eigenvalue weighted by Crippen LogP contribution is 2.46. The van der Waals surface area contributed by atoms with Gasteiger partial charge in [-0.1, -0.05) is 19.9 Å². The molecule has 1 saturated carbocycles. The number of pyridine rings is 1.